The summed E-state index contributed by atoms with van der Waals surface area (Å²) in [6.07, 6.45) is 0.683. The molecule has 1 unspecified atom stereocenters. The molecule has 0 radical (unpaired) electrons. The number of halogens is 2. The lowest BCUT2D eigenvalue weighted by molar-refractivity contribution is 0.0224. The number of benzene rings is 3. The van der Waals surface area contributed by atoms with E-state index in [-0.39, 0.29) is 6.61 Å². The summed E-state index contributed by atoms with van der Waals surface area (Å²) in [5, 5.41) is 11.2. The molecular weight excluding hydrogens is 383 g/mol. The molecule has 4 rings (SSSR count). The Morgan fingerprint density at radius 1 is 0.926 bits per heavy atom. The molecule has 27 heavy (non-hydrogen) atoms. The highest BCUT2D eigenvalue weighted by molar-refractivity contribution is 6.35. The average Bonchev–Trinajstić information content (AvgIpc) is 2.67. The summed E-state index contributed by atoms with van der Waals surface area (Å²) < 4.78 is 11.4. The number of aliphatic hydroxyl groups excluding tert-OH is 1. The van der Waals surface area contributed by atoms with Crippen LogP contribution in [0.3, 0.4) is 0 Å². The van der Waals surface area contributed by atoms with Crippen molar-refractivity contribution in [2.75, 3.05) is 0 Å². The predicted octanol–water partition coefficient (Wildman–Crippen LogP) is 5.71. The van der Waals surface area contributed by atoms with Gasteiger partial charge >= 0.3 is 0 Å². The standard InChI is InChI=1S/C22H16Cl2O3/c23-19-7-4-8-20(24)18(19)13-26-15-9-10-16-17(14-5-2-1-3-6-14)12-22(25)27-21(16)11-15/h1-12,22,25H,13H2. The lowest BCUT2D eigenvalue weighted by Crippen LogP contribution is -2.18. The summed E-state index contributed by atoms with van der Waals surface area (Å²) >= 11 is 12.4. The maximum atomic E-state index is 10.1. The fraction of sp³-hybridized carbons (Fsp3) is 0.0909. The zero-order valence-corrected chi connectivity index (χ0v) is 15.7. The maximum absolute atomic E-state index is 10.1. The van der Waals surface area contributed by atoms with Gasteiger partial charge in [0.25, 0.3) is 0 Å². The van der Waals surface area contributed by atoms with Crippen LogP contribution in [-0.4, -0.2) is 11.4 Å². The summed E-state index contributed by atoms with van der Waals surface area (Å²) in [5.74, 6) is 1.16. The summed E-state index contributed by atoms with van der Waals surface area (Å²) in [4.78, 5) is 0. The number of hydrogen-bond acceptors (Lipinski definition) is 3. The smallest absolute Gasteiger partial charge is 0.218 e. The molecule has 0 amide bonds. The lowest BCUT2D eigenvalue weighted by Gasteiger charge is -2.23. The molecule has 1 aliphatic rings. The van der Waals surface area contributed by atoms with Gasteiger partial charge in [0, 0.05) is 27.2 Å². The van der Waals surface area contributed by atoms with Crippen LogP contribution in [0.1, 0.15) is 16.7 Å². The van der Waals surface area contributed by atoms with Gasteiger partial charge in [-0.15, -0.1) is 0 Å². The number of hydrogen-bond donors (Lipinski definition) is 1. The van der Waals surface area contributed by atoms with Gasteiger partial charge in [-0.3, -0.25) is 0 Å². The van der Waals surface area contributed by atoms with Crippen molar-refractivity contribution >= 4 is 28.8 Å². The van der Waals surface area contributed by atoms with E-state index in [2.05, 4.69) is 0 Å². The molecule has 1 heterocycles. The topological polar surface area (TPSA) is 38.7 Å². The molecule has 3 aromatic rings. The van der Waals surface area contributed by atoms with Gasteiger partial charge in [0.05, 0.1) is 0 Å². The third-order valence-corrected chi connectivity index (χ3v) is 5.04. The van der Waals surface area contributed by atoms with E-state index >= 15 is 0 Å². The fourth-order valence-corrected chi connectivity index (χ4v) is 3.51. The Morgan fingerprint density at radius 2 is 1.67 bits per heavy atom. The van der Waals surface area contributed by atoms with E-state index in [4.69, 9.17) is 32.7 Å². The molecule has 3 aromatic carbocycles. The second-order valence-corrected chi connectivity index (χ2v) is 6.92. The Hall–Kier alpha value is -2.46. The van der Waals surface area contributed by atoms with Gasteiger partial charge in [-0.25, -0.2) is 0 Å². The van der Waals surface area contributed by atoms with E-state index in [1.807, 2.05) is 42.5 Å². The minimum atomic E-state index is -1.01. The molecule has 3 nitrogen and oxygen atoms in total. The molecule has 0 spiro atoms. The van der Waals surface area contributed by atoms with Crippen LogP contribution in [0.5, 0.6) is 11.5 Å². The molecule has 136 valence electrons. The van der Waals surface area contributed by atoms with Gasteiger partial charge in [0.1, 0.15) is 18.1 Å². The van der Waals surface area contributed by atoms with E-state index < -0.39 is 6.29 Å². The van der Waals surface area contributed by atoms with Crippen molar-refractivity contribution in [3.63, 3.8) is 0 Å². The highest BCUT2D eigenvalue weighted by Gasteiger charge is 2.21. The van der Waals surface area contributed by atoms with Crippen molar-refractivity contribution in [1.29, 1.82) is 0 Å². The van der Waals surface area contributed by atoms with Gasteiger partial charge in [-0.2, -0.15) is 0 Å². The van der Waals surface area contributed by atoms with Crippen LogP contribution in [0, 0.1) is 0 Å². The first kappa shape index (κ1) is 17.9. The Labute approximate surface area is 167 Å². The van der Waals surface area contributed by atoms with Gasteiger partial charge in [-0.05, 0) is 41.5 Å². The van der Waals surface area contributed by atoms with Crippen molar-refractivity contribution in [3.05, 3.63) is 99.5 Å². The van der Waals surface area contributed by atoms with Crippen molar-refractivity contribution in [2.45, 2.75) is 12.9 Å². The Morgan fingerprint density at radius 3 is 2.41 bits per heavy atom. The minimum absolute atomic E-state index is 0.237. The van der Waals surface area contributed by atoms with E-state index in [1.54, 1.807) is 30.3 Å². The van der Waals surface area contributed by atoms with Crippen LogP contribution >= 0.6 is 23.2 Å². The van der Waals surface area contributed by atoms with Crippen LogP contribution in [-0.2, 0) is 6.61 Å². The predicted molar refractivity (Wildman–Crippen MR) is 107 cm³/mol. The third kappa shape index (κ3) is 3.81. The summed E-state index contributed by atoms with van der Waals surface area (Å²) in [6.45, 7) is 0.237. The largest absolute Gasteiger partial charge is 0.489 e. The zero-order valence-electron chi connectivity index (χ0n) is 14.2. The average molecular weight is 399 g/mol. The highest BCUT2D eigenvalue weighted by Crippen LogP contribution is 2.38. The molecule has 0 aliphatic carbocycles. The first-order chi connectivity index (χ1) is 13.1. The van der Waals surface area contributed by atoms with Crippen LogP contribution in [0.15, 0.2) is 72.8 Å². The SMILES string of the molecule is OC1C=C(c2ccccc2)c2ccc(OCc3c(Cl)cccc3Cl)cc2O1. The van der Waals surface area contributed by atoms with Crippen molar-refractivity contribution < 1.29 is 14.6 Å². The molecule has 1 aliphatic heterocycles. The normalized spacial score (nSPS) is 15.5. The summed E-state index contributed by atoms with van der Waals surface area (Å²) in [7, 11) is 0. The van der Waals surface area contributed by atoms with Crippen LogP contribution < -0.4 is 9.47 Å². The molecule has 5 heteroatoms. The highest BCUT2D eigenvalue weighted by atomic mass is 35.5. The van der Waals surface area contributed by atoms with E-state index in [1.165, 1.54) is 0 Å². The van der Waals surface area contributed by atoms with Crippen LogP contribution in [0.25, 0.3) is 5.57 Å². The molecule has 0 fully saturated rings. The van der Waals surface area contributed by atoms with E-state index in [0.29, 0.717) is 21.5 Å². The molecule has 0 aromatic heterocycles. The Bertz CT molecular complexity index is 979. The number of fused-ring (bicyclic) bond motifs is 1. The van der Waals surface area contributed by atoms with Crippen molar-refractivity contribution in [2.24, 2.45) is 0 Å². The van der Waals surface area contributed by atoms with E-state index in [0.717, 1.165) is 22.3 Å². The van der Waals surface area contributed by atoms with Crippen LogP contribution in [0.4, 0.5) is 0 Å². The first-order valence-electron chi connectivity index (χ1n) is 8.44. The molecule has 0 saturated carbocycles. The molecule has 1 atom stereocenters. The van der Waals surface area contributed by atoms with Gasteiger partial charge in [0.15, 0.2) is 0 Å². The zero-order chi connectivity index (χ0) is 18.8. The monoisotopic (exact) mass is 398 g/mol. The molecule has 1 N–H and O–H groups in total. The molecule has 0 saturated heterocycles. The second-order valence-electron chi connectivity index (χ2n) is 6.10. The third-order valence-electron chi connectivity index (χ3n) is 4.33. The number of rotatable bonds is 4. The van der Waals surface area contributed by atoms with Gasteiger partial charge < -0.3 is 14.6 Å². The Kier molecular flexibility index (Phi) is 5.08. The first-order valence-corrected chi connectivity index (χ1v) is 9.19. The number of ether oxygens (including phenoxy) is 2. The summed E-state index contributed by atoms with van der Waals surface area (Å²) in [5.41, 5.74) is 3.56. The second kappa shape index (κ2) is 7.65. The maximum Gasteiger partial charge on any atom is 0.218 e. The molecular formula is C22H16Cl2O3. The minimum Gasteiger partial charge on any atom is -0.489 e. The van der Waals surface area contributed by atoms with Crippen molar-refractivity contribution in [3.8, 4) is 11.5 Å². The van der Waals surface area contributed by atoms with Crippen LogP contribution in [0.2, 0.25) is 10.0 Å². The lowest BCUT2D eigenvalue weighted by atomic mass is 9.95. The molecule has 0 bridgehead atoms. The van der Waals surface area contributed by atoms with E-state index in [9.17, 15) is 5.11 Å². The fourth-order valence-electron chi connectivity index (χ4n) is 3.00. The van der Waals surface area contributed by atoms with Crippen molar-refractivity contribution in [1.82, 2.24) is 0 Å². The Balaban J connectivity index is 1.61. The summed E-state index contributed by atoms with van der Waals surface area (Å²) in [6, 6.07) is 20.8. The quantitative estimate of drug-likeness (QED) is 0.610. The van der Waals surface area contributed by atoms with Gasteiger partial charge in [-0.1, -0.05) is 59.6 Å². The number of aliphatic hydroxyl groups is 1. The van der Waals surface area contributed by atoms with Gasteiger partial charge in [0.2, 0.25) is 6.29 Å².